The number of ether oxygens (including phenoxy) is 1. The number of aliphatic imine (C=N–C) groups is 1. The van der Waals surface area contributed by atoms with Crippen molar-refractivity contribution in [1.29, 1.82) is 0 Å². The summed E-state index contributed by atoms with van der Waals surface area (Å²) in [5.41, 5.74) is 6.93. The summed E-state index contributed by atoms with van der Waals surface area (Å²) in [6.07, 6.45) is 7.74. The summed E-state index contributed by atoms with van der Waals surface area (Å²) < 4.78 is 18.8. The Bertz CT molecular complexity index is 1360. The molecule has 0 spiro atoms. The van der Waals surface area contributed by atoms with Crippen molar-refractivity contribution in [2.45, 2.75) is 25.8 Å². The normalized spacial score (nSPS) is 15.8. The summed E-state index contributed by atoms with van der Waals surface area (Å²) >= 11 is 0. The van der Waals surface area contributed by atoms with Gasteiger partial charge in [-0.05, 0) is 72.5 Å². The highest BCUT2D eigenvalue weighted by molar-refractivity contribution is 6.32. The molecule has 0 radical (unpaired) electrons. The lowest BCUT2D eigenvalue weighted by Gasteiger charge is -2.21. The van der Waals surface area contributed by atoms with E-state index in [0.717, 1.165) is 57.3 Å². The van der Waals surface area contributed by atoms with Crippen molar-refractivity contribution in [3.63, 3.8) is 0 Å². The van der Waals surface area contributed by atoms with Crippen molar-refractivity contribution in [2.24, 2.45) is 4.99 Å². The van der Waals surface area contributed by atoms with Gasteiger partial charge in [-0.25, -0.2) is 9.37 Å². The fraction of sp³-hybridized carbons (Fsp3) is 0.179. The third-order valence-corrected chi connectivity index (χ3v) is 6.06. The van der Waals surface area contributed by atoms with Gasteiger partial charge < -0.3 is 4.74 Å². The first-order chi connectivity index (χ1) is 16.2. The minimum Gasteiger partial charge on any atom is -0.481 e. The van der Waals surface area contributed by atoms with Crippen molar-refractivity contribution in [1.82, 2.24) is 9.97 Å². The smallest absolute Gasteiger partial charge is 0.212 e. The molecule has 5 rings (SSSR count). The largest absolute Gasteiger partial charge is 0.481 e. The second-order valence-corrected chi connectivity index (χ2v) is 8.08. The predicted molar refractivity (Wildman–Crippen MR) is 131 cm³/mol. The highest BCUT2D eigenvalue weighted by atomic mass is 19.1. The molecule has 1 aliphatic rings. The maximum Gasteiger partial charge on any atom is 0.212 e. The Morgan fingerprint density at radius 3 is 2.45 bits per heavy atom. The van der Waals surface area contributed by atoms with E-state index in [9.17, 15) is 4.39 Å². The molecule has 2 aromatic carbocycles. The minimum atomic E-state index is -0.248. The van der Waals surface area contributed by atoms with Gasteiger partial charge in [-0.15, -0.1) is 0 Å². The zero-order chi connectivity index (χ0) is 22.8. The van der Waals surface area contributed by atoms with Crippen molar-refractivity contribution in [3.8, 4) is 17.0 Å². The van der Waals surface area contributed by atoms with Crippen LogP contribution < -0.4 is 4.74 Å². The van der Waals surface area contributed by atoms with Crippen LogP contribution in [-0.2, 0) is 0 Å². The van der Waals surface area contributed by atoms with Gasteiger partial charge in [0.05, 0.1) is 24.4 Å². The Labute approximate surface area is 192 Å². The fourth-order valence-corrected chi connectivity index (χ4v) is 4.23. The zero-order valence-corrected chi connectivity index (χ0v) is 18.6. The topological polar surface area (TPSA) is 47.4 Å². The molecule has 33 heavy (non-hydrogen) atoms. The lowest BCUT2D eigenvalue weighted by Crippen LogP contribution is -2.16. The number of hydrogen-bond donors (Lipinski definition) is 0. The summed E-state index contributed by atoms with van der Waals surface area (Å²) in [4.78, 5) is 14.0. The molecule has 0 saturated carbocycles. The van der Waals surface area contributed by atoms with Crippen molar-refractivity contribution in [3.05, 3.63) is 96.1 Å². The molecule has 1 unspecified atom stereocenters. The fourth-order valence-electron chi connectivity index (χ4n) is 4.23. The number of hydrogen-bond acceptors (Lipinski definition) is 4. The summed E-state index contributed by atoms with van der Waals surface area (Å²) in [5, 5.41) is 1.04. The Morgan fingerprint density at radius 1 is 0.939 bits per heavy atom. The van der Waals surface area contributed by atoms with E-state index in [2.05, 4.69) is 35.1 Å². The molecule has 164 valence electrons. The zero-order valence-electron chi connectivity index (χ0n) is 18.6. The highest BCUT2D eigenvalue weighted by Crippen LogP contribution is 2.33. The summed E-state index contributed by atoms with van der Waals surface area (Å²) in [6, 6.07) is 19.0. The number of aromatic nitrogens is 2. The van der Waals surface area contributed by atoms with Crippen LogP contribution in [0.5, 0.6) is 5.88 Å². The number of rotatable bonds is 5. The van der Waals surface area contributed by atoms with Gasteiger partial charge in [0, 0.05) is 40.5 Å². The van der Waals surface area contributed by atoms with Gasteiger partial charge in [-0.2, -0.15) is 0 Å². The molecule has 3 heterocycles. The van der Waals surface area contributed by atoms with E-state index in [1.165, 1.54) is 12.1 Å². The molecule has 4 aromatic rings. The van der Waals surface area contributed by atoms with Crippen LogP contribution in [0.4, 0.5) is 4.39 Å². The number of methoxy groups -OCH3 is 1. The first-order valence-corrected chi connectivity index (χ1v) is 11.1. The van der Waals surface area contributed by atoms with E-state index in [0.29, 0.717) is 5.88 Å². The quantitative estimate of drug-likeness (QED) is 0.358. The van der Waals surface area contributed by atoms with Crippen molar-refractivity contribution >= 4 is 22.2 Å². The van der Waals surface area contributed by atoms with Gasteiger partial charge in [0.1, 0.15) is 5.82 Å². The number of allylic oxidation sites excluding steroid dienone is 1. The van der Waals surface area contributed by atoms with E-state index in [1.54, 1.807) is 19.2 Å². The average molecular weight is 438 g/mol. The summed E-state index contributed by atoms with van der Waals surface area (Å²) in [7, 11) is 1.61. The Balaban J connectivity index is 1.62. The molecule has 1 atom stereocenters. The maximum absolute atomic E-state index is 13.6. The van der Waals surface area contributed by atoms with Crippen LogP contribution in [0.15, 0.2) is 84.1 Å². The van der Waals surface area contributed by atoms with Gasteiger partial charge in [-0.3, -0.25) is 9.98 Å². The second kappa shape index (κ2) is 8.94. The minimum absolute atomic E-state index is 0.233. The van der Waals surface area contributed by atoms with Crippen LogP contribution in [0.25, 0.3) is 27.6 Å². The van der Waals surface area contributed by atoms with Crippen LogP contribution in [0.3, 0.4) is 0 Å². The van der Waals surface area contributed by atoms with Gasteiger partial charge in [-0.1, -0.05) is 19.1 Å². The number of nitrogens with zero attached hydrogens (tertiary/aromatic N) is 3. The third-order valence-electron chi connectivity index (χ3n) is 6.06. The Hall–Kier alpha value is -3.86. The van der Waals surface area contributed by atoms with Crippen LogP contribution in [0.1, 0.15) is 30.9 Å². The molecule has 4 nitrogen and oxygen atoms in total. The van der Waals surface area contributed by atoms with E-state index < -0.39 is 0 Å². The van der Waals surface area contributed by atoms with E-state index in [4.69, 9.17) is 9.73 Å². The lowest BCUT2D eigenvalue weighted by molar-refractivity contribution is 0.398. The monoisotopic (exact) mass is 437 g/mol. The summed E-state index contributed by atoms with van der Waals surface area (Å²) in [5.74, 6) is 0.332. The number of halogens is 1. The molecule has 5 heteroatoms. The van der Waals surface area contributed by atoms with E-state index >= 15 is 0 Å². The van der Waals surface area contributed by atoms with Gasteiger partial charge in [0.2, 0.25) is 5.88 Å². The van der Waals surface area contributed by atoms with Crippen LogP contribution in [0.2, 0.25) is 0 Å². The Morgan fingerprint density at radius 2 is 1.73 bits per heavy atom. The first-order valence-electron chi connectivity index (χ1n) is 11.1. The van der Waals surface area contributed by atoms with Crippen LogP contribution >= 0.6 is 0 Å². The molecular formula is C28H24FN3O. The van der Waals surface area contributed by atoms with E-state index in [-0.39, 0.29) is 11.9 Å². The number of pyridine rings is 2. The number of dihydropyridines is 1. The molecule has 1 aliphatic heterocycles. The standard InChI is InChI=1S/C28H24FN3O/c1-3-22-10-11-24(28(32-22)18-4-8-21(29)9-5-18)19-6-12-26-25(16-19)23(14-15-30-26)20-7-13-27(33-2)31-17-20/h4-9,11-17,22H,3,10H2,1-2H3. The van der Waals surface area contributed by atoms with Crippen molar-refractivity contribution in [2.75, 3.05) is 7.11 Å². The van der Waals surface area contributed by atoms with Crippen molar-refractivity contribution < 1.29 is 9.13 Å². The molecule has 0 bridgehead atoms. The van der Waals surface area contributed by atoms with Gasteiger partial charge >= 0.3 is 0 Å². The number of benzene rings is 2. The average Bonchev–Trinajstić information content (AvgIpc) is 2.88. The second-order valence-electron chi connectivity index (χ2n) is 8.08. The predicted octanol–water partition coefficient (Wildman–Crippen LogP) is 6.50. The molecule has 0 fully saturated rings. The highest BCUT2D eigenvalue weighted by Gasteiger charge is 2.20. The first kappa shape index (κ1) is 21.0. The van der Waals surface area contributed by atoms with Gasteiger partial charge in [0.25, 0.3) is 0 Å². The molecule has 0 aliphatic carbocycles. The number of fused-ring (bicyclic) bond motifs is 1. The third kappa shape index (κ3) is 4.14. The van der Waals surface area contributed by atoms with E-state index in [1.807, 2.05) is 36.7 Å². The van der Waals surface area contributed by atoms with Gasteiger partial charge in [0.15, 0.2) is 0 Å². The SMILES string of the molecule is CCC1CC=C(c2ccc3nccc(-c4ccc(OC)nc4)c3c2)C(c2ccc(F)cc2)=N1. The maximum atomic E-state index is 13.6. The molecular weight excluding hydrogens is 413 g/mol. The Kier molecular flexibility index (Phi) is 5.69. The molecule has 0 saturated heterocycles. The molecule has 2 aromatic heterocycles. The molecule has 0 N–H and O–H groups in total. The lowest BCUT2D eigenvalue weighted by atomic mass is 9.89. The summed E-state index contributed by atoms with van der Waals surface area (Å²) in [6.45, 7) is 2.14. The van der Waals surface area contributed by atoms with Crippen LogP contribution in [-0.4, -0.2) is 28.8 Å². The molecule has 0 amide bonds. The van der Waals surface area contributed by atoms with Crippen LogP contribution in [0, 0.1) is 5.82 Å².